The highest BCUT2D eigenvalue weighted by Crippen LogP contribution is 2.33. The highest BCUT2D eigenvalue weighted by molar-refractivity contribution is 5.48. The summed E-state index contributed by atoms with van der Waals surface area (Å²) in [7, 11) is 0. The van der Waals surface area contributed by atoms with E-state index in [1.165, 1.54) is 17.7 Å². The number of fused-ring (bicyclic) bond motifs is 2. The summed E-state index contributed by atoms with van der Waals surface area (Å²) in [6.07, 6.45) is 4.44. The maximum atomic E-state index is 10.8. The van der Waals surface area contributed by atoms with Gasteiger partial charge >= 0.3 is 0 Å². The fraction of sp³-hybridized carbons (Fsp3) is 0.667. The molecule has 4 rings (SSSR count). The van der Waals surface area contributed by atoms with Gasteiger partial charge in [0.25, 0.3) is 0 Å². The van der Waals surface area contributed by atoms with E-state index < -0.39 is 0 Å². The molecule has 2 aliphatic heterocycles. The molecule has 0 unspecified atom stereocenters. The average molecular weight is 272 g/mol. The van der Waals surface area contributed by atoms with Crippen LogP contribution in [0.2, 0.25) is 0 Å². The molecule has 5 heteroatoms. The number of aryl methyl sites for hydroxylation is 2. The first kappa shape index (κ1) is 12.1. The van der Waals surface area contributed by atoms with E-state index in [1.807, 2.05) is 4.90 Å². The molecule has 20 heavy (non-hydrogen) atoms. The van der Waals surface area contributed by atoms with Gasteiger partial charge in [0.2, 0.25) is 12.4 Å². The van der Waals surface area contributed by atoms with Gasteiger partial charge in [-0.15, -0.1) is 0 Å². The van der Waals surface area contributed by atoms with Gasteiger partial charge in [0.1, 0.15) is 0 Å². The number of hydrogen-bond donors (Lipinski definition) is 0. The lowest BCUT2D eigenvalue weighted by molar-refractivity contribution is -0.117. The van der Waals surface area contributed by atoms with Crippen molar-refractivity contribution in [1.82, 2.24) is 14.9 Å². The van der Waals surface area contributed by atoms with Gasteiger partial charge in [-0.25, -0.2) is 9.97 Å². The standard InChI is InChI=1S/C15H20N4O/c1-10-13-3-2-4-14(13)17-15(16-10)19-7-11-5-18(9-20)6-12(11)8-19/h9,11-12H,2-8H2,1H3/t11-,12+. The van der Waals surface area contributed by atoms with Crippen LogP contribution in [0.15, 0.2) is 0 Å². The third kappa shape index (κ3) is 1.79. The van der Waals surface area contributed by atoms with Crippen LogP contribution in [-0.4, -0.2) is 47.5 Å². The Morgan fingerprint density at radius 2 is 1.85 bits per heavy atom. The van der Waals surface area contributed by atoms with Gasteiger partial charge in [-0.3, -0.25) is 4.79 Å². The Balaban J connectivity index is 1.56. The summed E-state index contributed by atoms with van der Waals surface area (Å²) in [5.74, 6) is 2.10. The van der Waals surface area contributed by atoms with Crippen LogP contribution >= 0.6 is 0 Å². The lowest BCUT2D eigenvalue weighted by Crippen LogP contribution is -2.29. The van der Waals surface area contributed by atoms with Crippen LogP contribution in [0, 0.1) is 18.8 Å². The van der Waals surface area contributed by atoms with E-state index in [1.54, 1.807) is 0 Å². The molecule has 0 N–H and O–H groups in total. The van der Waals surface area contributed by atoms with Crippen molar-refractivity contribution in [1.29, 1.82) is 0 Å². The van der Waals surface area contributed by atoms with Crippen LogP contribution in [0.4, 0.5) is 5.95 Å². The molecule has 0 radical (unpaired) electrons. The normalized spacial score (nSPS) is 27.9. The van der Waals surface area contributed by atoms with Crippen LogP contribution in [0.3, 0.4) is 0 Å². The molecular weight excluding hydrogens is 252 g/mol. The predicted octanol–water partition coefficient (Wildman–Crippen LogP) is 0.798. The second-order valence-electron chi connectivity index (χ2n) is 6.37. The molecule has 0 spiro atoms. The monoisotopic (exact) mass is 272 g/mol. The zero-order chi connectivity index (χ0) is 13.7. The summed E-state index contributed by atoms with van der Waals surface area (Å²) < 4.78 is 0. The maximum Gasteiger partial charge on any atom is 0.225 e. The number of likely N-dealkylation sites (tertiary alicyclic amines) is 1. The van der Waals surface area contributed by atoms with E-state index in [9.17, 15) is 4.79 Å². The highest BCUT2D eigenvalue weighted by Gasteiger charge is 2.40. The number of carbonyl (C=O) groups excluding carboxylic acids is 1. The van der Waals surface area contributed by atoms with Crippen molar-refractivity contribution in [3.05, 3.63) is 17.0 Å². The van der Waals surface area contributed by atoms with Crippen LogP contribution < -0.4 is 4.90 Å². The van der Waals surface area contributed by atoms with E-state index in [0.29, 0.717) is 11.8 Å². The van der Waals surface area contributed by atoms with Crippen molar-refractivity contribution in [2.24, 2.45) is 11.8 Å². The second kappa shape index (κ2) is 4.43. The first-order valence-electron chi connectivity index (χ1n) is 7.55. The van der Waals surface area contributed by atoms with Gasteiger partial charge in [-0.1, -0.05) is 0 Å². The molecule has 0 bridgehead atoms. The van der Waals surface area contributed by atoms with E-state index in [0.717, 1.165) is 57.1 Å². The van der Waals surface area contributed by atoms with Crippen molar-refractivity contribution in [2.75, 3.05) is 31.1 Å². The molecule has 5 nitrogen and oxygen atoms in total. The number of amides is 1. The minimum Gasteiger partial charge on any atom is -0.345 e. The molecule has 1 aromatic rings. The summed E-state index contributed by atoms with van der Waals surface area (Å²) >= 11 is 0. The molecule has 1 aliphatic carbocycles. The molecule has 2 saturated heterocycles. The topological polar surface area (TPSA) is 49.3 Å². The number of nitrogens with zero attached hydrogens (tertiary/aromatic N) is 4. The Kier molecular flexibility index (Phi) is 2.69. The minimum atomic E-state index is 0.595. The van der Waals surface area contributed by atoms with E-state index in [2.05, 4.69) is 11.8 Å². The van der Waals surface area contributed by atoms with Crippen LogP contribution in [-0.2, 0) is 17.6 Å². The fourth-order valence-electron chi connectivity index (χ4n) is 4.02. The van der Waals surface area contributed by atoms with Crippen molar-refractivity contribution in [3.63, 3.8) is 0 Å². The lowest BCUT2D eigenvalue weighted by atomic mass is 10.0. The zero-order valence-corrected chi connectivity index (χ0v) is 11.9. The molecule has 0 aromatic carbocycles. The first-order valence-corrected chi connectivity index (χ1v) is 7.55. The maximum absolute atomic E-state index is 10.8. The van der Waals surface area contributed by atoms with Gasteiger partial charge in [-0.2, -0.15) is 0 Å². The van der Waals surface area contributed by atoms with Gasteiger partial charge < -0.3 is 9.80 Å². The molecule has 3 heterocycles. The average Bonchev–Trinajstić information content (AvgIpc) is 3.11. The number of hydrogen-bond acceptors (Lipinski definition) is 4. The fourth-order valence-corrected chi connectivity index (χ4v) is 4.02. The lowest BCUT2D eigenvalue weighted by Gasteiger charge is -2.20. The van der Waals surface area contributed by atoms with Crippen LogP contribution in [0.5, 0.6) is 0 Å². The largest absolute Gasteiger partial charge is 0.345 e. The smallest absolute Gasteiger partial charge is 0.225 e. The van der Waals surface area contributed by atoms with Crippen molar-refractivity contribution in [3.8, 4) is 0 Å². The molecular formula is C15H20N4O. The Hall–Kier alpha value is -1.65. The van der Waals surface area contributed by atoms with E-state index in [4.69, 9.17) is 9.97 Å². The van der Waals surface area contributed by atoms with E-state index >= 15 is 0 Å². The third-order valence-electron chi connectivity index (χ3n) is 5.07. The molecule has 106 valence electrons. The highest BCUT2D eigenvalue weighted by atomic mass is 16.1. The summed E-state index contributed by atoms with van der Waals surface area (Å²) in [4.78, 5) is 24.6. The molecule has 1 aromatic heterocycles. The van der Waals surface area contributed by atoms with Gasteiger partial charge in [0.15, 0.2) is 0 Å². The molecule has 0 saturated carbocycles. The van der Waals surface area contributed by atoms with Crippen LogP contribution in [0.25, 0.3) is 0 Å². The Labute approximate surface area is 119 Å². The summed E-state index contributed by atoms with van der Waals surface area (Å²) in [6, 6.07) is 0. The van der Waals surface area contributed by atoms with E-state index in [-0.39, 0.29) is 0 Å². The van der Waals surface area contributed by atoms with Gasteiger partial charge in [-0.05, 0) is 31.7 Å². The Bertz CT molecular complexity index is 545. The molecule has 3 aliphatic rings. The predicted molar refractivity (Wildman–Crippen MR) is 75.6 cm³/mol. The second-order valence-corrected chi connectivity index (χ2v) is 6.37. The number of carbonyl (C=O) groups is 1. The Morgan fingerprint density at radius 1 is 1.10 bits per heavy atom. The van der Waals surface area contributed by atoms with Gasteiger partial charge in [0, 0.05) is 49.4 Å². The molecule has 2 fully saturated rings. The SMILES string of the molecule is Cc1nc(N2C[C@H]3CN(C=O)C[C@H]3C2)nc2c1CCC2. The van der Waals surface area contributed by atoms with Crippen LogP contribution in [0.1, 0.15) is 23.4 Å². The van der Waals surface area contributed by atoms with Crippen molar-refractivity contribution < 1.29 is 4.79 Å². The summed E-state index contributed by atoms with van der Waals surface area (Å²) in [5.41, 5.74) is 3.80. The zero-order valence-electron chi connectivity index (χ0n) is 11.9. The number of anilines is 1. The third-order valence-corrected chi connectivity index (χ3v) is 5.07. The number of aromatic nitrogens is 2. The first-order chi connectivity index (χ1) is 9.74. The minimum absolute atomic E-state index is 0.595. The quantitative estimate of drug-likeness (QED) is 0.747. The number of rotatable bonds is 2. The summed E-state index contributed by atoms with van der Waals surface area (Å²) in [5, 5.41) is 0. The van der Waals surface area contributed by atoms with Crippen molar-refractivity contribution in [2.45, 2.75) is 26.2 Å². The Morgan fingerprint density at radius 3 is 2.55 bits per heavy atom. The molecule has 1 amide bonds. The molecule has 2 atom stereocenters. The van der Waals surface area contributed by atoms with Crippen molar-refractivity contribution >= 4 is 12.4 Å². The van der Waals surface area contributed by atoms with Gasteiger partial charge in [0.05, 0.1) is 0 Å². The summed E-state index contributed by atoms with van der Waals surface area (Å²) in [6.45, 7) is 5.89.